The van der Waals surface area contributed by atoms with E-state index < -0.39 is 5.97 Å². The van der Waals surface area contributed by atoms with Gasteiger partial charge in [-0.25, -0.2) is 4.79 Å². The maximum Gasteiger partial charge on any atom is 0.354 e. The number of carbonyl (C=O) groups is 3. The minimum atomic E-state index is -0.503. The van der Waals surface area contributed by atoms with E-state index in [4.69, 9.17) is 4.74 Å². The highest BCUT2D eigenvalue weighted by Crippen LogP contribution is 2.23. The summed E-state index contributed by atoms with van der Waals surface area (Å²) >= 11 is 0. The quantitative estimate of drug-likeness (QED) is 0.420. The molecule has 7 heteroatoms. The maximum absolute atomic E-state index is 13.4. The first kappa shape index (κ1) is 22.9. The lowest BCUT2D eigenvalue weighted by Crippen LogP contribution is -2.35. The van der Waals surface area contributed by atoms with Crippen LogP contribution in [0.4, 0.5) is 0 Å². The molecular weight excluding hydrogens is 406 g/mol. The second-order valence-corrected chi connectivity index (χ2v) is 7.79. The predicted octanol–water partition coefficient (Wildman–Crippen LogP) is 3.66. The zero-order valence-electron chi connectivity index (χ0n) is 19.0. The Balaban J connectivity index is 1.96. The number of amides is 1. The van der Waals surface area contributed by atoms with Gasteiger partial charge in [-0.3, -0.25) is 14.6 Å². The number of pyridine rings is 1. The highest BCUT2D eigenvalue weighted by molar-refractivity contribution is 6.06. The van der Waals surface area contributed by atoms with Crippen molar-refractivity contribution in [2.24, 2.45) is 7.05 Å². The highest BCUT2D eigenvalue weighted by Gasteiger charge is 2.28. The molecule has 2 aromatic heterocycles. The van der Waals surface area contributed by atoms with E-state index in [1.165, 1.54) is 12.0 Å². The third kappa shape index (κ3) is 4.61. The van der Waals surface area contributed by atoms with Gasteiger partial charge in [0.05, 0.1) is 13.7 Å². The summed E-state index contributed by atoms with van der Waals surface area (Å²) < 4.78 is 6.53. The van der Waals surface area contributed by atoms with E-state index in [9.17, 15) is 14.4 Å². The lowest BCUT2D eigenvalue weighted by Gasteiger charge is -2.22. The number of ketones is 1. The van der Waals surface area contributed by atoms with Gasteiger partial charge in [-0.2, -0.15) is 0 Å². The van der Waals surface area contributed by atoms with Crippen molar-refractivity contribution in [3.63, 3.8) is 0 Å². The number of methoxy groups -OCH3 is 1. The van der Waals surface area contributed by atoms with Gasteiger partial charge in [0, 0.05) is 42.8 Å². The molecule has 0 bridgehead atoms. The SMILES string of the molecule is COC(=O)c1c(C)c(C(=O)CN(Cc2ccncc2)C(=O)c2ccc(C)cc2)c(C)n1C. The number of carbonyl (C=O) groups excluding carboxylic acids is 3. The van der Waals surface area contributed by atoms with Gasteiger partial charge in [0.15, 0.2) is 5.78 Å². The molecule has 7 nitrogen and oxygen atoms in total. The molecule has 0 spiro atoms. The zero-order chi connectivity index (χ0) is 23.4. The van der Waals surface area contributed by atoms with Crippen LogP contribution in [0.25, 0.3) is 0 Å². The van der Waals surface area contributed by atoms with Crippen LogP contribution < -0.4 is 0 Å². The van der Waals surface area contributed by atoms with Gasteiger partial charge in [0.2, 0.25) is 0 Å². The molecule has 1 aromatic carbocycles. The molecule has 0 saturated heterocycles. The maximum atomic E-state index is 13.4. The summed E-state index contributed by atoms with van der Waals surface area (Å²) in [5.41, 5.74) is 4.39. The van der Waals surface area contributed by atoms with Crippen LogP contribution in [0, 0.1) is 20.8 Å². The molecule has 0 aliphatic rings. The number of Topliss-reactive ketones (excluding diaryl/α,β-unsaturated/α-hetero) is 1. The van der Waals surface area contributed by atoms with E-state index in [1.807, 2.05) is 31.2 Å². The number of aromatic nitrogens is 2. The van der Waals surface area contributed by atoms with Gasteiger partial charge in [-0.05, 0) is 56.2 Å². The Hall–Kier alpha value is -3.74. The minimum absolute atomic E-state index is 0.124. The standard InChI is InChI=1S/C25H27N3O4/c1-16-6-8-20(9-7-16)24(30)28(14-19-10-12-26-13-11-19)15-21(29)22-17(2)23(25(31)32-5)27(4)18(22)3/h6-13H,14-15H2,1-5H3. The first-order valence-corrected chi connectivity index (χ1v) is 10.3. The van der Waals surface area contributed by atoms with E-state index in [0.29, 0.717) is 28.1 Å². The van der Waals surface area contributed by atoms with Crippen molar-refractivity contribution < 1.29 is 19.1 Å². The van der Waals surface area contributed by atoms with Gasteiger partial charge < -0.3 is 14.2 Å². The van der Waals surface area contributed by atoms with Crippen LogP contribution in [0.3, 0.4) is 0 Å². The van der Waals surface area contributed by atoms with Crippen LogP contribution in [0.1, 0.15) is 53.6 Å². The zero-order valence-corrected chi connectivity index (χ0v) is 19.0. The summed E-state index contributed by atoms with van der Waals surface area (Å²) in [6, 6.07) is 10.9. The molecule has 3 aromatic rings. The van der Waals surface area contributed by atoms with Crippen LogP contribution in [0.2, 0.25) is 0 Å². The molecule has 0 fully saturated rings. The largest absolute Gasteiger partial charge is 0.464 e. The average Bonchev–Trinajstić information content (AvgIpc) is 3.01. The van der Waals surface area contributed by atoms with Gasteiger partial charge >= 0.3 is 5.97 Å². The molecule has 0 aliphatic carbocycles. The fraction of sp³-hybridized carbons (Fsp3) is 0.280. The number of nitrogens with zero attached hydrogens (tertiary/aromatic N) is 3. The molecule has 0 unspecified atom stereocenters. The summed E-state index contributed by atoms with van der Waals surface area (Å²) in [7, 11) is 3.03. The third-order valence-corrected chi connectivity index (χ3v) is 5.63. The molecule has 0 saturated carbocycles. The van der Waals surface area contributed by atoms with Crippen molar-refractivity contribution in [3.8, 4) is 0 Å². The summed E-state index contributed by atoms with van der Waals surface area (Å²) in [4.78, 5) is 44.4. The molecule has 166 valence electrons. The number of benzene rings is 1. The molecular formula is C25H27N3O4. The van der Waals surface area contributed by atoms with E-state index in [2.05, 4.69) is 4.98 Å². The number of aryl methyl sites for hydroxylation is 1. The van der Waals surface area contributed by atoms with Crippen LogP contribution in [-0.4, -0.2) is 45.8 Å². The Morgan fingerprint density at radius 2 is 1.62 bits per heavy atom. The number of esters is 1. The normalized spacial score (nSPS) is 10.7. The summed E-state index contributed by atoms with van der Waals surface area (Å²) in [6.45, 7) is 5.59. The number of hydrogen-bond acceptors (Lipinski definition) is 5. The first-order chi connectivity index (χ1) is 15.2. The fourth-order valence-corrected chi connectivity index (χ4v) is 3.81. The Morgan fingerprint density at radius 3 is 2.22 bits per heavy atom. The molecule has 32 heavy (non-hydrogen) atoms. The summed E-state index contributed by atoms with van der Waals surface area (Å²) in [5, 5.41) is 0. The molecule has 1 amide bonds. The number of hydrogen-bond donors (Lipinski definition) is 0. The topological polar surface area (TPSA) is 81.5 Å². The van der Waals surface area contributed by atoms with Gasteiger partial charge in [-0.1, -0.05) is 17.7 Å². The van der Waals surface area contributed by atoms with E-state index in [-0.39, 0.29) is 24.8 Å². The lowest BCUT2D eigenvalue weighted by atomic mass is 10.0. The fourth-order valence-electron chi connectivity index (χ4n) is 3.81. The Bertz CT molecular complexity index is 1150. The monoisotopic (exact) mass is 433 g/mol. The molecule has 0 aliphatic heterocycles. The van der Waals surface area contributed by atoms with Crippen LogP contribution in [0.5, 0.6) is 0 Å². The first-order valence-electron chi connectivity index (χ1n) is 10.3. The van der Waals surface area contributed by atoms with Crippen molar-refractivity contribution >= 4 is 17.7 Å². The summed E-state index contributed by atoms with van der Waals surface area (Å²) in [6.07, 6.45) is 3.31. The molecule has 0 N–H and O–H groups in total. The lowest BCUT2D eigenvalue weighted by molar-refractivity contribution is 0.0588. The van der Waals surface area contributed by atoms with Gasteiger partial charge in [0.1, 0.15) is 5.69 Å². The van der Waals surface area contributed by atoms with E-state index in [0.717, 1.165) is 11.1 Å². The predicted molar refractivity (Wildman–Crippen MR) is 121 cm³/mol. The molecule has 2 heterocycles. The second kappa shape index (κ2) is 9.60. The molecule has 3 rings (SSSR count). The van der Waals surface area contributed by atoms with E-state index in [1.54, 1.807) is 50.0 Å². The molecule has 0 atom stereocenters. The van der Waals surface area contributed by atoms with Crippen molar-refractivity contribution in [1.82, 2.24) is 14.5 Å². The second-order valence-electron chi connectivity index (χ2n) is 7.79. The Kier molecular flexibility index (Phi) is 6.88. The smallest absolute Gasteiger partial charge is 0.354 e. The van der Waals surface area contributed by atoms with Gasteiger partial charge in [-0.15, -0.1) is 0 Å². The highest BCUT2D eigenvalue weighted by atomic mass is 16.5. The van der Waals surface area contributed by atoms with Crippen molar-refractivity contribution in [2.45, 2.75) is 27.3 Å². The Morgan fingerprint density at radius 1 is 1.00 bits per heavy atom. The van der Waals surface area contributed by atoms with Gasteiger partial charge in [0.25, 0.3) is 5.91 Å². The molecule has 0 radical (unpaired) electrons. The minimum Gasteiger partial charge on any atom is -0.464 e. The van der Waals surface area contributed by atoms with Crippen molar-refractivity contribution in [3.05, 3.63) is 88.0 Å². The van der Waals surface area contributed by atoms with Crippen molar-refractivity contribution in [2.75, 3.05) is 13.7 Å². The van der Waals surface area contributed by atoms with Crippen molar-refractivity contribution in [1.29, 1.82) is 0 Å². The Labute approximate surface area is 187 Å². The van der Waals surface area contributed by atoms with Crippen LogP contribution in [-0.2, 0) is 18.3 Å². The van der Waals surface area contributed by atoms with E-state index >= 15 is 0 Å². The summed E-state index contributed by atoms with van der Waals surface area (Å²) in [5.74, 6) is -0.980. The number of ether oxygens (including phenoxy) is 1. The number of rotatable bonds is 7. The van der Waals surface area contributed by atoms with Crippen LogP contribution >= 0.6 is 0 Å². The average molecular weight is 434 g/mol. The third-order valence-electron chi connectivity index (χ3n) is 5.63. The van der Waals surface area contributed by atoms with Crippen LogP contribution in [0.15, 0.2) is 48.8 Å².